The maximum absolute atomic E-state index is 12.4. The van der Waals surface area contributed by atoms with Gasteiger partial charge in [-0.2, -0.15) is 0 Å². The van der Waals surface area contributed by atoms with E-state index in [9.17, 15) is 4.79 Å². The van der Waals surface area contributed by atoms with Gasteiger partial charge < -0.3 is 15.2 Å². The maximum Gasteiger partial charge on any atom is 0.326 e. The van der Waals surface area contributed by atoms with E-state index in [2.05, 4.69) is 46.4 Å². The van der Waals surface area contributed by atoms with Crippen molar-refractivity contribution < 1.29 is 0 Å². The Morgan fingerprint density at radius 2 is 1.86 bits per heavy atom. The lowest BCUT2D eigenvalue weighted by Crippen LogP contribution is -2.42. The normalized spacial score (nSPS) is 15.0. The highest BCUT2D eigenvalue weighted by molar-refractivity contribution is 7.80. The van der Waals surface area contributed by atoms with E-state index in [0.717, 1.165) is 54.2 Å². The summed E-state index contributed by atoms with van der Waals surface area (Å²) >= 11 is 5.64. The minimum Gasteiger partial charge on any atom is -0.349 e. The van der Waals surface area contributed by atoms with Crippen LogP contribution in [0.1, 0.15) is 44.2 Å². The second-order valence-electron chi connectivity index (χ2n) is 7.77. The van der Waals surface area contributed by atoms with E-state index in [0.29, 0.717) is 0 Å². The molecule has 1 aliphatic rings. The second-order valence-corrected chi connectivity index (χ2v) is 8.15. The highest BCUT2D eigenvalue weighted by Crippen LogP contribution is 2.25. The van der Waals surface area contributed by atoms with Crippen molar-refractivity contribution in [3.8, 4) is 0 Å². The molecule has 0 spiro atoms. The number of nitrogens with one attached hydrogen (secondary N) is 2. The third-order valence-corrected chi connectivity index (χ3v) is 6.13. The molecule has 152 valence electrons. The van der Waals surface area contributed by atoms with Crippen LogP contribution in [0.15, 0.2) is 53.3 Å². The number of unbranched alkanes of at least 4 members (excludes halogenated alkanes) is 1. The van der Waals surface area contributed by atoms with Crippen LogP contribution in [0.4, 0.5) is 5.69 Å². The minimum absolute atomic E-state index is 0.0199. The van der Waals surface area contributed by atoms with Gasteiger partial charge in [-0.1, -0.05) is 37.6 Å². The molecule has 29 heavy (non-hydrogen) atoms. The molecule has 0 amide bonds. The lowest BCUT2D eigenvalue weighted by atomic mass is 10.0. The second kappa shape index (κ2) is 8.82. The number of piperidine rings is 1. The van der Waals surface area contributed by atoms with Gasteiger partial charge in [0.05, 0.1) is 11.0 Å². The van der Waals surface area contributed by atoms with E-state index in [1.54, 1.807) is 0 Å². The molecule has 5 nitrogen and oxygen atoms in total. The number of aryl methyl sites for hydroxylation is 1. The van der Waals surface area contributed by atoms with Crippen molar-refractivity contribution in [3.63, 3.8) is 0 Å². The summed E-state index contributed by atoms with van der Waals surface area (Å²) in [5.74, 6) is 0. The van der Waals surface area contributed by atoms with E-state index in [1.165, 1.54) is 18.4 Å². The molecule has 0 atom stereocenters. The Bertz CT molecular complexity index is 1030. The SMILES string of the molecule is CCCCc1ccc(NC(=S)N2CCC(n3c(=O)[nH]c4ccccc43)CC2)cc1. The van der Waals surface area contributed by atoms with E-state index >= 15 is 0 Å². The number of hydrogen-bond donors (Lipinski definition) is 2. The number of imidazole rings is 1. The summed E-state index contributed by atoms with van der Waals surface area (Å²) in [7, 11) is 0. The molecule has 1 fully saturated rings. The van der Waals surface area contributed by atoms with Gasteiger partial charge >= 0.3 is 5.69 Å². The van der Waals surface area contributed by atoms with Crippen LogP contribution in [0.3, 0.4) is 0 Å². The largest absolute Gasteiger partial charge is 0.349 e. The molecule has 0 radical (unpaired) electrons. The van der Waals surface area contributed by atoms with Crippen molar-refractivity contribution >= 4 is 34.1 Å². The third kappa shape index (κ3) is 4.37. The van der Waals surface area contributed by atoms with Gasteiger partial charge in [0.2, 0.25) is 0 Å². The van der Waals surface area contributed by atoms with Crippen LogP contribution in [-0.4, -0.2) is 32.7 Å². The van der Waals surface area contributed by atoms with E-state index in [-0.39, 0.29) is 11.7 Å². The first-order chi connectivity index (χ1) is 14.2. The van der Waals surface area contributed by atoms with Crippen LogP contribution in [0.25, 0.3) is 11.0 Å². The first-order valence-electron chi connectivity index (χ1n) is 10.5. The zero-order chi connectivity index (χ0) is 20.2. The minimum atomic E-state index is -0.0199. The van der Waals surface area contributed by atoms with Crippen molar-refractivity contribution in [3.05, 3.63) is 64.6 Å². The average molecular weight is 409 g/mol. The van der Waals surface area contributed by atoms with Gasteiger partial charge in [-0.05, 0) is 67.7 Å². The molecule has 2 N–H and O–H groups in total. The summed E-state index contributed by atoms with van der Waals surface area (Å²) in [4.78, 5) is 17.6. The van der Waals surface area contributed by atoms with Crippen molar-refractivity contribution in [2.45, 2.75) is 45.1 Å². The molecule has 0 saturated carbocycles. The first-order valence-corrected chi connectivity index (χ1v) is 10.9. The van der Waals surface area contributed by atoms with Crippen LogP contribution < -0.4 is 11.0 Å². The number of H-pyrrole nitrogens is 1. The Morgan fingerprint density at radius 3 is 2.59 bits per heavy atom. The van der Waals surface area contributed by atoms with Gasteiger partial charge in [-0.3, -0.25) is 4.57 Å². The zero-order valence-electron chi connectivity index (χ0n) is 16.9. The Hall–Kier alpha value is -2.60. The number of aromatic amines is 1. The average Bonchev–Trinajstić information content (AvgIpc) is 3.09. The molecule has 2 aromatic carbocycles. The third-order valence-electron chi connectivity index (χ3n) is 5.77. The smallest absolute Gasteiger partial charge is 0.326 e. The highest BCUT2D eigenvalue weighted by atomic mass is 32.1. The molecular formula is C23H28N4OS. The van der Waals surface area contributed by atoms with Gasteiger partial charge in [-0.25, -0.2) is 4.79 Å². The number of rotatable bonds is 5. The summed E-state index contributed by atoms with van der Waals surface area (Å²) in [6.07, 6.45) is 5.37. The molecule has 1 aliphatic heterocycles. The van der Waals surface area contributed by atoms with E-state index in [1.807, 2.05) is 28.8 Å². The Labute approximate surface area is 176 Å². The van der Waals surface area contributed by atoms with Crippen LogP contribution in [0.5, 0.6) is 0 Å². The fourth-order valence-electron chi connectivity index (χ4n) is 4.10. The van der Waals surface area contributed by atoms with Gasteiger partial charge in [-0.15, -0.1) is 0 Å². The Morgan fingerprint density at radius 1 is 1.14 bits per heavy atom. The fraction of sp³-hybridized carbons (Fsp3) is 0.391. The summed E-state index contributed by atoms with van der Waals surface area (Å²) in [6, 6.07) is 16.7. The number of hydrogen-bond acceptors (Lipinski definition) is 2. The number of nitrogens with zero attached hydrogens (tertiary/aromatic N) is 2. The molecule has 3 aromatic rings. The summed E-state index contributed by atoms with van der Waals surface area (Å²) < 4.78 is 1.91. The summed E-state index contributed by atoms with van der Waals surface area (Å²) in [5.41, 5.74) is 4.27. The number of anilines is 1. The molecule has 6 heteroatoms. The highest BCUT2D eigenvalue weighted by Gasteiger charge is 2.24. The van der Waals surface area contributed by atoms with Crippen LogP contribution in [0.2, 0.25) is 0 Å². The molecule has 1 aromatic heterocycles. The molecule has 1 saturated heterocycles. The van der Waals surface area contributed by atoms with E-state index in [4.69, 9.17) is 12.2 Å². The van der Waals surface area contributed by atoms with Gasteiger partial charge in [0.1, 0.15) is 0 Å². The quantitative estimate of drug-likeness (QED) is 0.601. The lowest BCUT2D eigenvalue weighted by Gasteiger charge is -2.34. The molecule has 0 bridgehead atoms. The van der Waals surface area contributed by atoms with Gasteiger partial charge in [0, 0.05) is 24.8 Å². The number of benzene rings is 2. The molecule has 2 heterocycles. The number of aromatic nitrogens is 2. The topological polar surface area (TPSA) is 53.1 Å². The van der Waals surface area contributed by atoms with Crippen molar-refractivity contribution in [2.75, 3.05) is 18.4 Å². The Balaban J connectivity index is 1.36. The number of para-hydroxylation sites is 2. The van der Waals surface area contributed by atoms with Crippen LogP contribution >= 0.6 is 12.2 Å². The molecule has 0 aliphatic carbocycles. The maximum atomic E-state index is 12.4. The zero-order valence-corrected chi connectivity index (χ0v) is 17.7. The predicted molar refractivity (Wildman–Crippen MR) is 124 cm³/mol. The van der Waals surface area contributed by atoms with Gasteiger partial charge in [0.15, 0.2) is 5.11 Å². The lowest BCUT2D eigenvalue weighted by molar-refractivity contribution is 0.269. The van der Waals surface area contributed by atoms with Gasteiger partial charge in [0.25, 0.3) is 0 Å². The number of likely N-dealkylation sites (tertiary alicyclic amines) is 1. The molecule has 4 rings (SSSR count). The van der Waals surface area contributed by atoms with Crippen molar-refractivity contribution in [2.24, 2.45) is 0 Å². The standard InChI is InChI=1S/C23H28N4OS/c1-2-3-6-17-9-11-18(12-10-17)24-23(29)26-15-13-19(14-16-26)27-21-8-5-4-7-20(21)25-22(27)28/h4-5,7-12,19H,2-3,6,13-16H2,1H3,(H,24,29)(H,25,28). The van der Waals surface area contributed by atoms with Crippen molar-refractivity contribution in [1.29, 1.82) is 0 Å². The number of fused-ring (bicyclic) bond motifs is 1. The Kier molecular flexibility index (Phi) is 6.00. The van der Waals surface area contributed by atoms with Crippen molar-refractivity contribution in [1.82, 2.24) is 14.5 Å². The fourth-order valence-corrected chi connectivity index (χ4v) is 4.40. The number of thiocarbonyl (C=S) groups is 1. The van der Waals surface area contributed by atoms with Crippen LogP contribution in [-0.2, 0) is 6.42 Å². The predicted octanol–water partition coefficient (Wildman–Crippen LogP) is 4.71. The monoisotopic (exact) mass is 408 g/mol. The van der Waals surface area contributed by atoms with Crippen LogP contribution in [0, 0.1) is 0 Å². The first kappa shape index (κ1) is 19.7. The van der Waals surface area contributed by atoms with E-state index < -0.39 is 0 Å². The molecule has 0 unspecified atom stereocenters. The molecular weight excluding hydrogens is 380 g/mol. The summed E-state index contributed by atoms with van der Waals surface area (Å²) in [5, 5.41) is 4.13. The summed E-state index contributed by atoms with van der Waals surface area (Å²) in [6.45, 7) is 3.90.